The number of likely N-dealkylation sites (tertiary alicyclic amines) is 1. The minimum absolute atomic E-state index is 0.637. The van der Waals surface area contributed by atoms with Gasteiger partial charge >= 0.3 is 0 Å². The highest BCUT2D eigenvalue weighted by Gasteiger charge is 2.28. The van der Waals surface area contributed by atoms with Gasteiger partial charge in [-0.1, -0.05) is 28.1 Å². The second-order valence-corrected chi connectivity index (χ2v) is 5.94. The third kappa shape index (κ3) is 3.30. The summed E-state index contributed by atoms with van der Waals surface area (Å²) < 4.78 is 1.16. The minimum Gasteiger partial charge on any atom is -0.319 e. The Balaban J connectivity index is 2.13. The van der Waals surface area contributed by atoms with Crippen LogP contribution in [0, 0.1) is 5.92 Å². The number of halogens is 1. The fourth-order valence-electron chi connectivity index (χ4n) is 2.78. The first-order chi connectivity index (χ1) is 8.20. The molecule has 0 saturated carbocycles. The second-order valence-electron chi connectivity index (χ2n) is 5.03. The summed E-state index contributed by atoms with van der Waals surface area (Å²) in [7, 11) is 4.27. The molecule has 1 heterocycles. The number of rotatable bonds is 4. The lowest BCUT2D eigenvalue weighted by atomic mass is 9.85. The Labute approximate surface area is 113 Å². The highest BCUT2D eigenvalue weighted by atomic mass is 79.9. The molecular formula is C14H21BrN2. The zero-order valence-electron chi connectivity index (χ0n) is 10.6. The summed E-state index contributed by atoms with van der Waals surface area (Å²) in [6.07, 6.45) is 1.32. The molecule has 1 aromatic carbocycles. The number of nitrogens with one attached hydrogen (secondary N) is 1. The van der Waals surface area contributed by atoms with E-state index < -0.39 is 0 Å². The van der Waals surface area contributed by atoms with Gasteiger partial charge in [0.15, 0.2) is 0 Å². The Hall–Kier alpha value is -0.380. The van der Waals surface area contributed by atoms with Crippen molar-refractivity contribution in [2.24, 2.45) is 5.92 Å². The average molecular weight is 297 g/mol. The SMILES string of the molecule is CNCC(c1ccc(Br)cc1)C1CCN(C)C1. The number of nitrogens with zero attached hydrogens (tertiary/aromatic N) is 1. The molecule has 2 rings (SSSR count). The van der Waals surface area contributed by atoms with Crippen molar-refractivity contribution in [1.82, 2.24) is 10.2 Å². The summed E-state index contributed by atoms with van der Waals surface area (Å²) in [5.74, 6) is 1.42. The molecule has 0 bridgehead atoms. The Morgan fingerprint density at radius 3 is 2.65 bits per heavy atom. The lowest BCUT2D eigenvalue weighted by Crippen LogP contribution is -2.26. The summed E-state index contributed by atoms with van der Waals surface area (Å²) >= 11 is 3.50. The van der Waals surface area contributed by atoms with Crippen molar-refractivity contribution in [3.05, 3.63) is 34.3 Å². The van der Waals surface area contributed by atoms with Gasteiger partial charge in [0.05, 0.1) is 0 Å². The first-order valence-corrected chi connectivity index (χ1v) is 7.08. The highest BCUT2D eigenvalue weighted by Crippen LogP contribution is 2.31. The van der Waals surface area contributed by atoms with E-state index in [-0.39, 0.29) is 0 Å². The van der Waals surface area contributed by atoms with Crippen LogP contribution in [0.15, 0.2) is 28.7 Å². The molecule has 0 aliphatic carbocycles. The largest absolute Gasteiger partial charge is 0.319 e. The number of hydrogen-bond donors (Lipinski definition) is 1. The lowest BCUT2D eigenvalue weighted by Gasteiger charge is -2.24. The van der Waals surface area contributed by atoms with E-state index in [0.29, 0.717) is 5.92 Å². The van der Waals surface area contributed by atoms with E-state index >= 15 is 0 Å². The van der Waals surface area contributed by atoms with Crippen LogP contribution in [0.25, 0.3) is 0 Å². The molecule has 0 amide bonds. The zero-order valence-corrected chi connectivity index (χ0v) is 12.2. The van der Waals surface area contributed by atoms with Gasteiger partial charge in [-0.25, -0.2) is 0 Å². The van der Waals surface area contributed by atoms with Gasteiger partial charge in [0, 0.05) is 23.5 Å². The predicted molar refractivity (Wildman–Crippen MR) is 76.4 cm³/mol. The molecule has 0 radical (unpaired) electrons. The van der Waals surface area contributed by atoms with E-state index in [1.54, 1.807) is 0 Å². The molecule has 1 aliphatic heterocycles. The van der Waals surface area contributed by atoms with Crippen LogP contribution in [0.4, 0.5) is 0 Å². The Morgan fingerprint density at radius 2 is 2.12 bits per heavy atom. The van der Waals surface area contributed by atoms with Gasteiger partial charge < -0.3 is 10.2 Å². The molecule has 2 unspecified atom stereocenters. The molecule has 1 saturated heterocycles. The van der Waals surface area contributed by atoms with Crippen molar-refractivity contribution >= 4 is 15.9 Å². The van der Waals surface area contributed by atoms with Crippen molar-refractivity contribution in [3.8, 4) is 0 Å². The van der Waals surface area contributed by atoms with Crippen LogP contribution in [0.3, 0.4) is 0 Å². The van der Waals surface area contributed by atoms with Gasteiger partial charge in [-0.05, 0) is 50.7 Å². The number of benzene rings is 1. The van der Waals surface area contributed by atoms with Crippen molar-refractivity contribution in [1.29, 1.82) is 0 Å². The lowest BCUT2D eigenvalue weighted by molar-refractivity contribution is 0.365. The van der Waals surface area contributed by atoms with Gasteiger partial charge in [-0.15, -0.1) is 0 Å². The van der Waals surface area contributed by atoms with Gasteiger partial charge in [-0.3, -0.25) is 0 Å². The Bertz CT molecular complexity index is 350. The van der Waals surface area contributed by atoms with E-state index in [1.165, 1.54) is 25.1 Å². The maximum Gasteiger partial charge on any atom is 0.0175 e. The van der Waals surface area contributed by atoms with Crippen LogP contribution in [-0.4, -0.2) is 38.6 Å². The standard InChI is InChI=1S/C14H21BrN2/c1-16-9-14(12-7-8-17(2)10-12)11-3-5-13(15)6-4-11/h3-6,12,14,16H,7-10H2,1-2H3. The molecule has 1 aromatic rings. The van der Waals surface area contributed by atoms with Crippen LogP contribution < -0.4 is 5.32 Å². The van der Waals surface area contributed by atoms with Gasteiger partial charge in [0.1, 0.15) is 0 Å². The maximum atomic E-state index is 3.50. The monoisotopic (exact) mass is 296 g/mol. The third-order valence-corrected chi connectivity index (χ3v) is 4.25. The zero-order chi connectivity index (χ0) is 12.3. The van der Waals surface area contributed by atoms with Gasteiger partial charge in [-0.2, -0.15) is 0 Å². The van der Waals surface area contributed by atoms with Crippen molar-refractivity contribution in [2.45, 2.75) is 12.3 Å². The van der Waals surface area contributed by atoms with Gasteiger partial charge in [0.25, 0.3) is 0 Å². The van der Waals surface area contributed by atoms with Crippen LogP contribution in [0.2, 0.25) is 0 Å². The number of hydrogen-bond acceptors (Lipinski definition) is 2. The first kappa shape index (κ1) is 13.1. The molecule has 1 fully saturated rings. The molecule has 0 aromatic heterocycles. The van der Waals surface area contributed by atoms with E-state index in [4.69, 9.17) is 0 Å². The Kier molecular flexibility index (Phi) is 4.60. The van der Waals surface area contributed by atoms with Crippen molar-refractivity contribution < 1.29 is 0 Å². The molecule has 0 spiro atoms. The summed E-state index contributed by atoms with van der Waals surface area (Å²) in [5, 5.41) is 3.34. The number of likely N-dealkylation sites (N-methyl/N-ethyl adjacent to an activating group) is 1. The van der Waals surface area contributed by atoms with Crippen molar-refractivity contribution in [3.63, 3.8) is 0 Å². The van der Waals surface area contributed by atoms with Crippen LogP contribution in [0.5, 0.6) is 0 Å². The molecular weight excluding hydrogens is 276 g/mol. The quantitative estimate of drug-likeness (QED) is 0.919. The van der Waals surface area contributed by atoms with Crippen LogP contribution in [-0.2, 0) is 0 Å². The Morgan fingerprint density at radius 1 is 1.41 bits per heavy atom. The van der Waals surface area contributed by atoms with Crippen LogP contribution in [0.1, 0.15) is 17.9 Å². The van der Waals surface area contributed by atoms with E-state index in [9.17, 15) is 0 Å². The predicted octanol–water partition coefficient (Wildman–Crippen LogP) is 2.70. The van der Waals surface area contributed by atoms with E-state index in [2.05, 4.69) is 57.5 Å². The van der Waals surface area contributed by atoms with Crippen LogP contribution >= 0.6 is 15.9 Å². The molecule has 17 heavy (non-hydrogen) atoms. The molecule has 2 atom stereocenters. The summed E-state index contributed by atoms with van der Waals surface area (Å²) in [4.78, 5) is 2.44. The first-order valence-electron chi connectivity index (χ1n) is 6.29. The molecule has 2 nitrogen and oxygen atoms in total. The molecule has 94 valence electrons. The smallest absolute Gasteiger partial charge is 0.0175 e. The normalized spacial score (nSPS) is 22.9. The van der Waals surface area contributed by atoms with Crippen molar-refractivity contribution in [2.75, 3.05) is 33.7 Å². The third-order valence-electron chi connectivity index (χ3n) is 3.72. The average Bonchev–Trinajstić information content (AvgIpc) is 2.74. The van der Waals surface area contributed by atoms with E-state index in [0.717, 1.165) is 16.9 Å². The highest BCUT2D eigenvalue weighted by molar-refractivity contribution is 9.10. The fourth-order valence-corrected chi connectivity index (χ4v) is 3.05. The fraction of sp³-hybridized carbons (Fsp3) is 0.571. The van der Waals surface area contributed by atoms with E-state index in [1.807, 2.05) is 7.05 Å². The molecule has 1 aliphatic rings. The molecule has 3 heteroatoms. The summed E-state index contributed by atoms with van der Waals surface area (Å²) in [6, 6.07) is 8.81. The summed E-state index contributed by atoms with van der Waals surface area (Å²) in [6.45, 7) is 3.53. The second kappa shape index (κ2) is 5.98. The summed E-state index contributed by atoms with van der Waals surface area (Å²) in [5.41, 5.74) is 1.46. The minimum atomic E-state index is 0.637. The molecule has 1 N–H and O–H groups in total. The van der Waals surface area contributed by atoms with Gasteiger partial charge in [0.2, 0.25) is 0 Å². The maximum absolute atomic E-state index is 3.50. The topological polar surface area (TPSA) is 15.3 Å².